The van der Waals surface area contributed by atoms with E-state index in [1.807, 2.05) is 6.07 Å². The van der Waals surface area contributed by atoms with E-state index in [9.17, 15) is 0 Å². The second kappa shape index (κ2) is 6.02. The quantitative estimate of drug-likeness (QED) is 0.833. The van der Waals surface area contributed by atoms with Crippen LogP contribution in [0.5, 0.6) is 0 Å². The lowest BCUT2D eigenvalue weighted by molar-refractivity contribution is -0.177. The van der Waals surface area contributed by atoms with Crippen molar-refractivity contribution in [3.05, 3.63) is 21.6 Å². The maximum Gasteiger partial charge on any atom is 0.195 e. The van der Waals surface area contributed by atoms with E-state index in [2.05, 4.69) is 38.4 Å². The zero-order valence-corrected chi connectivity index (χ0v) is 14.9. The van der Waals surface area contributed by atoms with Crippen molar-refractivity contribution >= 4 is 43.2 Å². The molecule has 23 heavy (non-hydrogen) atoms. The number of anilines is 1. The molecule has 1 saturated heterocycles. The van der Waals surface area contributed by atoms with Gasteiger partial charge in [0.2, 0.25) is 0 Å². The van der Waals surface area contributed by atoms with Crippen molar-refractivity contribution in [1.82, 2.24) is 4.98 Å². The van der Waals surface area contributed by atoms with Gasteiger partial charge in [-0.1, -0.05) is 0 Å². The van der Waals surface area contributed by atoms with Crippen molar-refractivity contribution < 1.29 is 9.47 Å². The Hall–Kier alpha value is -1.20. The highest BCUT2D eigenvalue weighted by Crippen LogP contribution is 2.39. The summed E-state index contributed by atoms with van der Waals surface area (Å²) in [6.45, 7) is 1.43. The Labute approximate surface area is 146 Å². The second-order valence-electron chi connectivity index (χ2n) is 5.93. The van der Waals surface area contributed by atoms with Gasteiger partial charge in [-0.25, -0.2) is 4.98 Å². The lowest BCUT2D eigenvalue weighted by Crippen LogP contribution is -2.39. The van der Waals surface area contributed by atoms with E-state index in [-0.39, 0.29) is 5.79 Å². The van der Waals surface area contributed by atoms with Crippen molar-refractivity contribution in [2.24, 2.45) is 0 Å². The lowest BCUT2D eigenvalue weighted by atomic mass is 9.90. The molecule has 2 fully saturated rings. The fourth-order valence-corrected chi connectivity index (χ4v) is 4.78. The molecular formula is C16H16BrN3O2S. The molecule has 4 rings (SSSR count). The van der Waals surface area contributed by atoms with Crippen LogP contribution in [0.15, 0.2) is 16.6 Å². The Kier molecular flexibility index (Phi) is 4.01. The molecule has 1 aromatic carbocycles. The number of ether oxygens (including phenoxy) is 2. The van der Waals surface area contributed by atoms with E-state index in [1.165, 1.54) is 11.3 Å². The number of aromatic nitrogens is 1. The Bertz CT molecular complexity index is 769. The van der Waals surface area contributed by atoms with Crippen LogP contribution in [0.4, 0.5) is 5.69 Å². The number of benzene rings is 1. The molecule has 2 aliphatic rings. The summed E-state index contributed by atoms with van der Waals surface area (Å²) in [7, 11) is 0. The van der Waals surface area contributed by atoms with Gasteiger partial charge in [-0.05, 0) is 40.9 Å². The predicted octanol–water partition coefficient (Wildman–Crippen LogP) is 4.03. The number of nitriles is 1. The van der Waals surface area contributed by atoms with E-state index in [0.717, 1.165) is 46.1 Å². The fraction of sp³-hybridized carbons (Fsp3) is 0.500. The van der Waals surface area contributed by atoms with Crippen LogP contribution in [0.3, 0.4) is 0 Å². The maximum absolute atomic E-state index is 9.00. The summed E-state index contributed by atoms with van der Waals surface area (Å²) in [6.07, 6.45) is 3.90. The van der Waals surface area contributed by atoms with Gasteiger partial charge in [-0.15, -0.1) is 11.3 Å². The number of fused-ring (bicyclic) bond motifs is 1. The van der Waals surface area contributed by atoms with Crippen LogP contribution >= 0.6 is 27.3 Å². The number of hydrogen-bond acceptors (Lipinski definition) is 6. The molecule has 0 radical (unpaired) electrons. The second-order valence-corrected chi connectivity index (χ2v) is 7.75. The van der Waals surface area contributed by atoms with E-state index >= 15 is 0 Å². The lowest BCUT2D eigenvalue weighted by Gasteiger charge is -2.36. The first-order valence-corrected chi connectivity index (χ1v) is 9.34. The minimum atomic E-state index is -0.323. The van der Waals surface area contributed by atoms with Gasteiger partial charge >= 0.3 is 0 Å². The summed E-state index contributed by atoms with van der Waals surface area (Å²) in [5.41, 5.74) is 1.88. The molecule has 120 valence electrons. The van der Waals surface area contributed by atoms with Gasteiger partial charge in [-0.2, -0.15) is 5.26 Å². The van der Waals surface area contributed by atoms with Crippen molar-refractivity contribution in [2.75, 3.05) is 18.5 Å². The van der Waals surface area contributed by atoms with E-state index in [4.69, 9.17) is 14.7 Å². The zero-order valence-electron chi connectivity index (χ0n) is 12.5. The van der Waals surface area contributed by atoms with Crippen molar-refractivity contribution in [3.63, 3.8) is 0 Å². The molecule has 7 heteroatoms. The SMILES string of the molecule is N#Cc1nc2c(Br)c(NC3CCC4(CC3)OCCO4)ccc2s1. The molecule has 2 aromatic rings. The maximum atomic E-state index is 9.00. The molecule has 1 spiro atoms. The normalized spacial score (nSPS) is 20.9. The topological polar surface area (TPSA) is 67.2 Å². The summed E-state index contributed by atoms with van der Waals surface area (Å²) in [5, 5.41) is 13.1. The van der Waals surface area contributed by atoms with Crippen molar-refractivity contribution in [3.8, 4) is 6.07 Å². The molecule has 1 aliphatic carbocycles. The zero-order chi connectivity index (χ0) is 15.9. The van der Waals surface area contributed by atoms with Crippen LogP contribution in [0, 0.1) is 11.3 Å². The molecule has 1 N–H and O–H groups in total. The molecule has 5 nitrogen and oxygen atoms in total. The summed E-state index contributed by atoms with van der Waals surface area (Å²) < 4.78 is 13.5. The minimum Gasteiger partial charge on any atom is -0.381 e. The highest BCUT2D eigenvalue weighted by atomic mass is 79.9. The third-order valence-electron chi connectivity index (χ3n) is 4.52. The van der Waals surface area contributed by atoms with Crippen molar-refractivity contribution in [1.29, 1.82) is 5.26 Å². The van der Waals surface area contributed by atoms with Gasteiger partial charge < -0.3 is 14.8 Å². The first-order valence-electron chi connectivity index (χ1n) is 7.73. The summed E-state index contributed by atoms with van der Waals surface area (Å²) in [6, 6.07) is 6.59. The summed E-state index contributed by atoms with van der Waals surface area (Å²) in [4.78, 5) is 4.37. The first-order chi connectivity index (χ1) is 11.2. The van der Waals surface area contributed by atoms with E-state index < -0.39 is 0 Å². The highest BCUT2D eigenvalue weighted by Gasteiger charge is 2.40. The van der Waals surface area contributed by atoms with Gasteiger partial charge in [-0.3, -0.25) is 0 Å². The number of hydrogen-bond donors (Lipinski definition) is 1. The third kappa shape index (κ3) is 2.85. The molecule has 1 aliphatic heterocycles. The van der Waals surface area contributed by atoms with Crippen LogP contribution in [-0.4, -0.2) is 30.0 Å². The van der Waals surface area contributed by atoms with Crippen LogP contribution in [-0.2, 0) is 9.47 Å². The minimum absolute atomic E-state index is 0.323. The fourth-order valence-electron chi connectivity index (χ4n) is 3.33. The number of nitrogens with one attached hydrogen (secondary N) is 1. The molecular weight excluding hydrogens is 378 g/mol. The van der Waals surface area contributed by atoms with Crippen molar-refractivity contribution in [2.45, 2.75) is 37.5 Å². The van der Waals surface area contributed by atoms with E-state index in [1.54, 1.807) is 0 Å². The molecule has 2 heterocycles. The Balaban J connectivity index is 1.50. The third-order valence-corrected chi connectivity index (χ3v) is 6.24. The predicted molar refractivity (Wildman–Crippen MR) is 92.5 cm³/mol. The van der Waals surface area contributed by atoms with Gasteiger partial charge in [0, 0.05) is 18.9 Å². The number of nitrogens with zero attached hydrogens (tertiary/aromatic N) is 2. The van der Waals surface area contributed by atoms with Gasteiger partial charge in [0.05, 0.1) is 33.6 Å². The molecule has 0 unspecified atom stereocenters. The smallest absolute Gasteiger partial charge is 0.195 e. The Morgan fingerprint density at radius 2 is 2.04 bits per heavy atom. The molecule has 0 atom stereocenters. The largest absolute Gasteiger partial charge is 0.381 e. The molecule has 0 bridgehead atoms. The average Bonchev–Trinajstić information content (AvgIpc) is 3.20. The number of thiazole rings is 1. The number of halogens is 1. The van der Waals surface area contributed by atoms with Crippen LogP contribution in [0.25, 0.3) is 10.2 Å². The first kappa shape index (κ1) is 15.3. The standard InChI is InChI=1S/C16H16BrN3O2S/c17-14-11(1-2-12-15(14)20-13(9-18)23-12)19-10-3-5-16(6-4-10)21-7-8-22-16/h1-2,10,19H,3-8H2. The van der Waals surface area contributed by atoms with Gasteiger partial charge in [0.1, 0.15) is 6.07 Å². The van der Waals surface area contributed by atoms with Crippen LogP contribution < -0.4 is 5.32 Å². The highest BCUT2D eigenvalue weighted by molar-refractivity contribution is 9.10. The average molecular weight is 394 g/mol. The monoisotopic (exact) mass is 393 g/mol. The molecule has 1 saturated carbocycles. The van der Waals surface area contributed by atoms with Gasteiger partial charge in [0.25, 0.3) is 0 Å². The summed E-state index contributed by atoms with van der Waals surface area (Å²) >= 11 is 5.05. The number of rotatable bonds is 2. The van der Waals surface area contributed by atoms with E-state index in [0.29, 0.717) is 24.3 Å². The summed E-state index contributed by atoms with van der Waals surface area (Å²) in [5.74, 6) is -0.323. The Morgan fingerprint density at radius 1 is 1.30 bits per heavy atom. The molecule has 1 aromatic heterocycles. The van der Waals surface area contributed by atoms with Gasteiger partial charge in [0.15, 0.2) is 10.8 Å². The Morgan fingerprint density at radius 3 is 2.74 bits per heavy atom. The van der Waals surface area contributed by atoms with Crippen LogP contribution in [0.1, 0.15) is 30.7 Å². The molecule has 0 amide bonds. The van der Waals surface area contributed by atoms with Crippen LogP contribution in [0.2, 0.25) is 0 Å².